The van der Waals surface area contributed by atoms with Gasteiger partial charge in [-0.3, -0.25) is 4.79 Å². The van der Waals surface area contributed by atoms with Crippen LogP contribution in [0.15, 0.2) is 48.5 Å². The number of fused-ring (bicyclic) bond motifs is 1. The van der Waals surface area contributed by atoms with Gasteiger partial charge in [0, 0.05) is 29.9 Å². The van der Waals surface area contributed by atoms with E-state index in [1.807, 2.05) is 10.6 Å². The molecular formula is C21H19N7O2. The molecule has 150 valence electrons. The summed E-state index contributed by atoms with van der Waals surface area (Å²) in [5.41, 5.74) is 1.84. The minimum absolute atomic E-state index is 0.272. The normalized spacial score (nSPS) is 12.0. The van der Waals surface area contributed by atoms with Crippen molar-refractivity contribution < 1.29 is 9.59 Å². The number of hydrogen-bond acceptors (Lipinski definition) is 5. The van der Waals surface area contributed by atoms with Crippen LogP contribution in [0.4, 0.5) is 16.2 Å². The Morgan fingerprint density at radius 3 is 2.70 bits per heavy atom. The second kappa shape index (κ2) is 8.45. The van der Waals surface area contributed by atoms with Crippen LogP contribution in [0.3, 0.4) is 0 Å². The van der Waals surface area contributed by atoms with E-state index in [1.54, 1.807) is 48.5 Å². The Balaban J connectivity index is 1.36. The average Bonchev–Trinajstić information content (AvgIpc) is 3.37. The number of carbonyl (C=O) groups is 2. The van der Waals surface area contributed by atoms with Gasteiger partial charge in [-0.1, -0.05) is 12.1 Å². The van der Waals surface area contributed by atoms with Crippen molar-refractivity contribution in [2.45, 2.75) is 25.9 Å². The molecule has 0 unspecified atom stereocenters. The summed E-state index contributed by atoms with van der Waals surface area (Å²) in [4.78, 5) is 24.7. The zero-order chi connectivity index (χ0) is 20.9. The van der Waals surface area contributed by atoms with Crippen molar-refractivity contribution in [1.29, 1.82) is 5.26 Å². The van der Waals surface area contributed by atoms with E-state index >= 15 is 0 Å². The maximum atomic E-state index is 12.5. The lowest BCUT2D eigenvalue weighted by Crippen LogP contribution is -2.29. The number of anilines is 2. The zero-order valence-electron chi connectivity index (χ0n) is 16.1. The van der Waals surface area contributed by atoms with E-state index in [4.69, 9.17) is 5.26 Å². The lowest BCUT2D eigenvalue weighted by molar-refractivity contribution is 0.102. The predicted octanol–water partition coefficient (Wildman–Crippen LogP) is 2.67. The van der Waals surface area contributed by atoms with Gasteiger partial charge in [0.1, 0.15) is 5.82 Å². The highest BCUT2D eigenvalue weighted by Crippen LogP contribution is 2.16. The second-order valence-electron chi connectivity index (χ2n) is 6.82. The van der Waals surface area contributed by atoms with Crippen molar-refractivity contribution >= 4 is 23.3 Å². The standard InChI is InChI=1S/C21H19N7O2/c22-12-14-4-1-6-16(10-14)24-20(29)15-5-2-7-17(11-15)25-21(30)23-13-19-27-26-18-8-3-9-28(18)19/h1-2,4-7,10-11H,3,8-9,13H2,(H,24,29)(H2,23,25,30). The molecule has 3 amide bonds. The Bertz CT molecular complexity index is 1150. The first-order valence-corrected chi connectivity index (χ1v) is 9.50. The van der Waals surface area contributed by atoms with Gasteiger partial charge in [-0.25, -0.2) is 4.79 Å². The molecule has 0 spiro atoms. The quantitative estimate of drug-likeness (QED) is 0.606. The maximum Gasteiger partial charge on any atom is 0.319 e. The van der Waals surface area contributed by atoms with E-state index < -0.39 is 6.03 Å². The molecule has 4 rings (SSSR count). The van der Waals surface area contributed by atoms with Crippen LogP contribution in [0.5, 0.6) is 0 Å². The number of carbonyl (C=O) groups excluding carboxylic acids is 2. The molecule has 3 N–H and O–H groups in total. The lowest BCUT2D eigenvalue weighted by Gasteiger charge is -2.10. The number of aromatic nitrogens is 3. The van der Waals surface area contributed by atoms with Gasteiger partial charge in [0.25, 0.3) is 5.91 Å². The van der Waals surface area contributed by atoms with Gasteiger partial charge in [0.05, 0.1) is 18.2 Å². The van der Waals surface area contributed by atoms with Gasteiger partial charge >= 0.3 is 6.03 Å². The molecule has 2 heterocycles. The van der Waals surface area contributed by atoms with E-state index in [-0.39, 0.29) is 12.5 Å². The van der Waals surface area contributed by atoms with Crippen LogP contribution in [0.1, 0.15) is 34.0 Å². The SMILES string of the molecule is N#Cc1cccc(NC(=O)c2cccc(NC(=O)NCc3nnc4n3CCC4)c2)c1. The first-order valence-electron chi connectivity index (χ1n) is 9.50. The lowest BCUT2D eigenvalue weighted by atomic mass is 10.1. The van der Waals surface area contributed by atoms with Crippen LogP contribution in [0, 0.1) is 11.3 Å². The fraction of sp³-hybridized carbons (Fsp3) is 0.190. The maximum absolute atomic E-state index is 12.5. The molecule has 2 aromatic carbocycles. The first kappa shape index (κ1) is 19.1. The Morgan fingerprint density at radius 2 is 1.87 bits per heavy atom. The number of nitrogens with one attached hydrogen (secondary N) is 3. The molecule has 0 bridgehead atoms. The molecule has 1 aromatic heterocycles. The molecular weight excluding hydrogens is 382 g/mol. The fourth-order valence-corrected chi connectivity index (χ4v) is 3.28. The Hall–Kier alpha value is -4.19. The third-order valence-electron chi connectivity index (χ3n) is 4.73. The van der Waals surface area contributed by atoms with Crippen LogP contribution in [-0.4, -0.2) is 26.7 Å². The molecule has 0 saturated carbocycles. The van der Waals surface area contributed by atoms with Gasteiger partial charge < -0.3 is 20.5 Å². The number of rotatable bonds is 5. The van der Waals surface area contributed by atoms with Crippen molar-refractivity contribution in [2.24, 2.45) is 0 Å². The highest BCUT2D eigenvalue weighted by molar-refractivity contribution is 6.05. The fourth-order valence-electron chi connectivity index (χ4n) is 3.28. The van der Waals surface area contributed by atoms with E-state index in [1.165, 1.54) is 0 Å². The van der Waals surface area contributed by atoms with Crippen LogP contribution in [0.25, 0.3) is 0 Å². The molecule has 0 radical (unpaired) electrons. The van der Waals surface area contributed by atoms with Gasteiger partial charge in [0.2, 0.25) is 0 Å². The van der Waals surface area contributed by atoms with E-state index in [9.17, 15) is 9.59 Å². The van der Waals surface area contributed by atoms with Gasteiger partial charge in [-0.15, -0.1) is 10.2 Å². The smallest absolute Gasteiger partial charge is 0.319 e. The number of aryl methyl sites for hydroxylation is 1. The number of benzene rings is 2. The zero-order valence-corrected chi connectivity index (χ0v) is 16.1. The van der Waals surface area contributed by atoms with Gasteiger partial charge in [-0.2, -0.15) is 5.26 Å². The summed E-state index contributed by atoms with van der Waals surface area (Å²) >= 11 is 0. The molecule has 30 heavy (non-hydrogen) atoms. The molecule has 0 atom stereocenters. The molecule has 0 saturated heterocycles. The second-order valence-corrected chi connectivity index (χ2v) is 6.82. The summed E-state index contributed by atoms with van der Waals surface area (Å²) in [6.45, 7) is 1.14. The van der Waals surface area contributed by atoms with Crippen molar-refractivity contribution in [3.05, 3.63) is 71.3 Å². The molecule has 9 heteroatoms. The number of urea groups is 1. The molecule has 1 aliphatic rings. The summed E-state index contributed by atoms with van der Waals surface area (Å²) < 4.78 is 2.02. The van der Waals surface area contributed by atoms with Crippen LogP contribution >= 0.6 is 0 Å². The van der Waals surface area contributed by atoms with Crippen LogP contribution in [0.2, 0.25) is 0 Å². The molecule has 9 nitrogen and oxygen atoms in total. The largest absolute Gasteiger partial charge is 0.331 e. The minimum Gasteiger partial charge on any atom is -0.331 e. The molecule has 3 aromatic rings. The van der Waals surface area contributed by atoms with Crippen LogP contribution < -0.4 is 16.0 Å². The Labute approximate surface area is 172 Å². The minimum atomic E-state index is -0.398. The third-order valence-corrected chi connectivity index (χ3v) is 4.73. The Kier molecular flexibility index (Phi) is 5.39. The summed E-state index contributed by atoms with van der Waals surface area (Å²) in [5.74, 6) is 1.34. The van der Waals surface area contributed by atoms with Crippen molar-refractivity contribution in [2.75, 3.05) is 10.6 Å². The summed E-state index contributed by atoms with van der Waals surface area (Å²) in [5, 5.41) is 25.4. The van der Waals surface area contributed by atoms with E-state index in [0.717, 1.165) is 31.0 Å². The predicted molar refractivity (Wildman–Crippen MR) is 110 cm³/mol. The molecule has 1 aliphatic heterocycles. The van der Waals surface area contributed by atoms with Gasteiger partial charge in [-0.05, 0) is 42.8 Å². The topological polar surface area (TPSA) is 125 Å². The summed E-state index contributed by atoms with van der Waals surface area (Å²) in [6, 6.07) is 14.9. The summed E-state index contributed by atoms with van der Waals surface area (Å²) in [6.07, 6.45) is 1.95. The summed E-state index contributed by atoms with van der Waals surface area (Å²) in [7, 11) is 0. The van der Waals surface area contributed by atoms with Crippen LogP contribution in [-0.2, 0) is 19.5 Å². The highest BCUT2D eigenvalue weighted by Gasteiger charge is 2.17. The third kappa shape index (κ3) is 4.28. The van der Waals surface area contributed by atoms with Crippen molar-refractivity contribution in [3.8, 4) is 6.07 Å². The van der Waals surface area contributed by atoms with Crippen molar-refractivity contribution in [3.63, 3.8) is 0 Å². The first-order chi connectivity index (χ1) is 14.6. The molecule has 0 fully saturated rings. The number of hydrogen-bond donors (Lipinski definition) is 3. The number of amides is 3. The average molecular weight is 401 g/mol. The number of nitrogens with zero attached hydrogens (tertiary/aromatic N) is 4. The van der Waals surface area contributed by atoms with E-state index in [2.05, 4.69) is 26.1 Å². The Morgan fingerprint density at radius 1 is 1.07 bits per heavy atom. The monoisotopic (exact) mass is 401 g/mol. The van der Waals surface area contributed by atoms with Gasteiger partial charge in [0.15, 0.2) is 5.82 Å². The van der Waals surface area contributed by atoms with E-state index in [0.29, 0.717) is 22.5 Å². The number of nitriles is 1. The highest BCUT2D eigenvalue weighted by atomic mass is 16.2. The molecule has 0 aliphatic carbocycles. The van der Waals surface area contributed by atoms with Crippen molar-refractivity contribution in [1.82, 2.24) is 20.1 Å².